The number of fused-ring (bicyclic) bond motifs is 3. The summed E-state index contributed by atoms with van der Waals surface area (Å²) in [6.07, 6.45) is 10.9. The fourth-order valence-corrected chi connectivity index (χ4v) is 5.40. The summed E-state index contributed by atoms with van der Waals surface area (Å²) < 4.78 is 5.87. The molecule has 3 rings (SSSR count). The molecule has 3 aliphatic rings. The van der Waals surface area contributed by atoms with E-state index in [2.05, 4.69) is 13.5 Å². The fourth-order valence-electron chi connectivity index (χ4n) is 5.40. The molecule has 33 heavy (non-hydrogen) atoms. The Morgan fingerprint density at radius 1 is 1.09 bits per heavy atom. The molecule has 5 unspecified atom stereocenters. The smallest absolute Gasteiger partial charge is 0.161 e. The van der Waals surface area contributed by atoms with E-state index in [4.69, 9.17) is 9.84 Å². The number of methoxy groups -OCH3 is 1. The molecule has 5 nitrogen and oxygen atoms in total. The van der Waals surface area contributed by atoms with Crippen molar-refractivity contribution in [3.63, 3.8) is 0 Å². The molecule has 0 heterocycles. The summed E-state index contributed by atoms with van der Waals surface area (Å²) in [7, 11) is 2.86. The number of ether oxygens (including phenoxy) is 1. The molecule has 3 saturated carbocycles. The van der Waals surface area contributed by atoms with E-state index in [1.807, 2.05) is 41.7 Å². The Hall–Kier alpha value is -1.33. The number of Topliss-reactive ketones (excluding diaryl/α,β-unsaturated/α-hetero) is 2. The normalized spacial score (nSPS) is 29.5. The highest BCUT2D eigenvalue weighted by Gasteiger charge is 2.51. The zero-order valence-corrected chi connectivity index (χ0v) is 22.7. The minimum absolute atomic E-state index is 0.0470. The molecule has 0 radical (unpaired) electrons. The van der Waals surface area contributed by atoms with E-state index in [0.717, 1.165) is 38.2 Å². The molecule has 3 aliphatic carbocycles. The van der Waals surface area contributed by atoms with Crippen LogP contribution in [0.5, 0.6) is 0 Å². The molecule has 0 aromatic rings. The van der Waals surface area contributed by atoms with Crippen molar-refractivity contribution in [2.24, 2.45) is 23.7 Å². The SMILES string of the molecule is C=C1CCC2C(CCC3C2CCCC3(C)OC)C1=O.CC.CCC(=O)CC.CCC=O.CO. The van der Waals surface area contributed by atoms with Crippen LogP contribution in [0, 0.1) is 23.7 Å². The number of carbonyl (C=O) groups excluding carboxylic acids is 3. The maximum atomic E-state index is 12.3. The molecule has 0 aromatic carbocycles. The standard InChI is InChI=1S/C17H26O2.C5H10O.C3H6O.C2H6.CH4O/c1-11-6-7-12-13-5-4-10-17(2,19-3)15(13)9-8-14(12)16(11)18;1-3-5(6)4-2;1-2-3-4;2*1-2/h12-15H,1,4-10H2,2-3H3;3-4H2,1-2H3;3H,2H2,1H3;1-2H3;2H,1H3. The van der Waals surface area contributed by atoms with Crippen molar-refractivity contribution in [2.75, 3.05) is 14.2 Å². The first kappa shape index (κ1) is 33.8. The molecule has 3 fully saturated rings. The second kappa shape index (κ2) is 19.0. The molecule has 5 heteroatoms. The number of allylic oxidation sites excluding steroid dienone is 1. The molecule has 194 valence electrons. The number of hydrogen-bond acceptors (Lipinski definition) is 5. The summed E-state index contributed by atoms with van der Waals surface area (Å²) in [6.45, 7) is 15.8. The van der Waals surface area contributed by atoms with Gasteiger partial charge >= 0.3 is 0 Å². The minimum atomic E-state index is 0.0470. The summed E-state index contributed by atoms with van der Waals surface area (Å²) in [5.41, 5.74) is 0.927. The largest absolute Gasteiger partial charge is 0.400 e. The molecule has 1 N–H and O–H groups in total. The van der Waals surface area contributed by atoms with Crippen LogP contribution in [0.3, 0.4) is 0 Å². The predicted octanol–water partition coefficient (Wildman–Crippen LogP) is 6.36. The van der Waals surface area contributed by atoms with E-state index in [1.54, 1.807) is 0 Å². The topological polar surface area (TPSA) is 80.7 Å². The van der Waals surface area contributed by atoms with Gasteiger partial charge in [0.2, 0.25) is 0 Å². The molecule has 0 bridgehead atoms. The first-order valence-corrected chi connectivity index (χ1v) is 13.0. The van der Waals surface area contributed by atoms with Crippen LogP contribution >= 0.6 is 0 Å². The maximum Gasteiger partial charge on any atom is 0.161 e. The molecule has 5 atom stereocenters. The third kappa shape index (κ3) is 10.2. The Kier molecular flexibility index (Phi) is 19.5. The van der Waals surface area contributed by atoms with Crippen LogP contribution < -0.4 is 0 Å². The first-order chi connectivity index (χ1) is 15.8. The van der Waals surface area contributed by atoms with Gasteiger partial charge in [0.25, 0.3) is 0 Å². The average Bonchev–Trinajstić information content (AvgIpc) is 2.88. The molecular weight excluding hydrogens is 416 g/mol. The lowest BCUT2D eigenvalue weighted by molar-refractivity contribution is -0.143. The Labute approximate surface area is 203 Å². The van der Waals surface area contributed by atoms with Gasteiger partial charge in [-0.2, -0.15) is 0 Å². The third-order valence-electron chi connectivity index (χ3n) is 7.25. The number of ketones is 2. The number of carbonyl (C=O) groups is 3. The van der Waals surface area contributed by atoms with E-state index in [0.29, 0.717) is 48.6 Å². The zero-order chi connectivity index (χ0) is 26.0. The van der Waals surface area contributed by atoms with Gasteiger partial charge in [0.1, 0.15) is 12.1 Å². The summed E-state index contributed by atoms with van der Waals surface area (Å²) in [5.74, 6) is 2.96. The number of aliphatic hydroxyl groups excluding tert-OH is 1. The highest BCUT2D eigenvalue weighted by molar-refractivity contribution is 5.97. The highest BCUT2D eigenvalue weighted by atomic mass is 16.5. The van der Waals surface area contributed by atoms with Gasteiger partial charge in [0, 0.05) is 39.4 Å². The lowest BCUT2D eigenvalue weighted by atomic mass is 9.53. The van der Waals surface area contributed by atoms with Crippen molar-refractivity contribution in [1.29, 1.82) is 0 Å². The quantitative estimate of drug-likeness (QED) is 0.383. The van der Waals surface area contributed by atoms with E-state index in [9.17, 15) is 14.4 Å². The van der Waals surface area contributed by atoms with Gasteiger partial charge in [-0.25, -0.2) is 0 Å². The van der Waals surface area contributed by atoms with Crippen LogP contribution in [0.4, 0.5) is 0 Å². The van der Waals surface area contributed by atoms with Gasteiger partial charge in [-0.1, -0.05) is 47.6 Å². The minimum Gasteiger partial charge on any atom is -0.400 e. The van der Waals surface area contributed by atoms with Crippen molar-refractivity contribution < 1.29 is 24.2 Å². The number of aldehydes is 1. The van der Waals surface area contributed by atoms with Crippen LogP contribution in [0.2, 0.25) is 0 Å². The van der Waals surface area contributed by atoms with Crippen LogP contribution in [0.15, 0.2) is 12.2 Å². The first-order valence-electron chi connectivity index (χ1n) is 13.0. The summed E-state index contributed by atoms with van der Waals surface area (Å²) in [4.78, 5) is 31.7. The molecule has 0 aromatic heterocycles. The van der Waals surface area contributed by atoms with Crippen molar-refractivity contribution in [1.82, 2.24) is 0 Å². The maximum absolute atomic E-state index is 12.3. The lowest BCUT2D eigenvalue weighted by Crippen LogP contribution is -2.52. The Morgan fingerprint density at radius 2 is 1.64 bits per heavy atom. The highest BCUT2D eigenvalue weighted by Crippen LogP contribution is 2.54. The van der Waals surface area contributed by atoms with Crippen LogP contribution in [-0.4, -0.2) is 42.8 Å². The number of aliphatic hydroxyl groups is 1. The number of rotatable bonds is 4. The van der Waals surface area contributed by atoms with E-state index < -0.39 is 0 Å². The van der Waals surface area contributed by atoms with Gasteiger partial charge in [0.05, 0.1) is 5.60 Å². The molecule has 0 spiro atoms. The zero-order valence-electron chi connectivity index (χ0n) is 22.7. The molecule has 0 amide bonds. The van der Waals surface area contributed by atoms with Gasteiger partial charge in [-0.3, -0.25) is 9.59 Å². The number of hydrogen-bond donors (Lipinski definition) is 1. The van der Waals surface area contributed by atoms with Gasteiger partial charge in [-0.15, -0.1) is 0 Å². The third-order valence-corrected chi connectivity index (χ3v) is 7.25. The second-order valence-corrected chi connectivity index (χ2v) is 8.85. The van der Waals surface area contributed by atoms with Crippen molar-refractivity contribution in [3.05, 3.63) is 12.2 Å². The molecular formula is C28H52O5. The van der Waals surface area contributed by atoms with E-state index in [1.165, 1.54) is 25.7 Å². The molecule has 0 aliphatic heterocycles. The summed E-state index contributed by atoms with van der Waals surface area (Å²) >= 11 is 0. The van der Waals surface area contributed by atoms with Crippen molar-refractivity contribution >= 4 is 17.9 Å². The Morgan fingerprint density at radius 3 is 2.06 bits per heavy atom. The van der Waals surface area contributed by atoms with Crippen LogP contribution in [0.25, 0.3) is 0 Å². The fraction of sp³-hybridized carbons (Fsp3) is 0.821. The summed E-state index contributed by atoms with van der Waals surface area (Å²) in [5, 5.41) is 7.00. The lowest BCUT2D eigenvalue weighted by Gasteiger charge is -2.53. The van der Waals surface area contributed by atoms with Gasteiger partial charge < -0.3 is 14.6 Å². The van der Waals surface area contributed by atoms with Crippen LogP contribution in [-0.2, 0) is 19.1 Å². The monoisotopic (exact) mass is 468 g/mol. The Bertz CT molecular complexity index is 565. The van der Waals surface area contributed by atoms with Crippen LogP contribution in [0.1, 0.15) is 106 Å². The van der Waals surface area contributed by atoms with Gasteiger partial charge in [-0.05, 0) is 68.8 Å². The summed E-state index contributed by atoms with van der Waals surface area (Å²) in [6, 6.07) is 0. The average molecular weight is 469 g/mol. The van der Waals surface area contributed by atoms with E-state index in [-0.39, 0.29) is 11.5 Å². The van der Waals surface area contributed by atoms with Crippen molar-refractivity contribution in [3.8, 4) is 0 Å². The molecule has 0 saturated heterocycles. The van der Waals surface area contributed by atoms with E-state index >= 15 is 0 Å². The van der Waals surface area contributed by atoms with Gasteiger partial charge in [0.15, 0.2) is 5.78 Å². The van der Waals surface area contributed by atoms with Crippen molar-refractivity contribution in [2.45, 2.75) is 111 Å². The second-order valence-electron chi connectivity index (χ2n) is 8.85. The predicted molar refractivity (Wildman–Crippen MR) is 137 cm³/mol. The Balaban J connectivity index is 0.